The Kier molecular flexibility index (Phi) is 4.47. The lowest BCUT2D eigenvalue weighted by Gasteiger charge is -2.08. The molecule has 0 radical (unpaired) electrons. The first kappa shape index (κ1) is 17.2. The molecule has 0 atom stereocenters. The lowest BCUT2D eigenvalue weighted by Crippen LogP contribution is -1.92. The highest BCUT2D eigenvalue weighted by molar-refractivity contribution is 7.98. The van der Waals surface area contributed by atoms with E-state index in [0.29, 0.717) is 21.9 Å². The molecule has 5 aromatic rings. The fourth-order valence-electron chi connectivity index (χ4n) is 3.22. The Morgan fingerprint density at radius 2 is 1.61 bits per heavy atom. The van der Waals surface area contributed by atoms with Gasteiger partial charge < -0.3 is 4.42 Å². The van der Waals surface area contributed by atoms with Crippen LogP contribution < -0.4 is 0 Å². The van der Waals surface area contributed by atoms with Crippen molar-refractivity contribution in [3.63, 3.8) is 0 Å². The zero-order valence-corrected chi connectivity index (χ0v) is 16.2. The summed E-state index contributed by atoms with van der Waals surface area (Å²) in [6.07, 6.45) is 0. The second kappa shape index (κ2) is 7.26. The average molecular weight is 404 g/mol. The summed E-state index contributed by atoms with van der Waals surface area (Å²) in [5, 5.41) is 12.9. The van der Waals surface area contributed by atoms with Gasteiger partial charge in [-0.25, -0.2) is 0 Å². The number of nitrogens with zero attached hydrogens (tertiary/aromatic N) is 3. The van der Waals surface area contributed by atoms with Crippen LogP contribution in [-0.4, -0.2) is 15.2 Å². The van der Waals surface area contributed by atoms with Crippen LogP contribution in [0.1, 0.15) is 5.69 Å². The molecule has 0 saturated carbocycles. The maximum atomic E-state index is 6.04. The van der Waals surface area contributed by atoms with E-state index in [1.807, 2.05) is 48.5 Å². The van der Waals surface area contributed by atoms with Gasteiger partial charge in [-0.1, -0.05) is 71.9 Å². The summed E-state index contributed by atoms with van der Waals surface area (Å²) < 4.78 is 5.80. The molecule has 0 N–H and O–H groups in total. The number of halogens is 1. The molecule has 0 amide bonds. The molecular formula is C22H14ClN3OS. The summed E-state index contributed by atoms with van der Waals surface area (Å²) >= 11 is 7.52. The predicted octanol–water partition coefficient (Wildman–Crippen LogP) is 6.38. The highest BCUT2D eigenvalue weighted by Crippen LogP contribution is 2.31. The summed E-state index contributed by atoms with van der Waals surface area (Å²) in [6, 6.07) is 23.9. The van der Waals surface area contributed by atoms with Gasteiger partial charge in [0.15, 0.2) is 0 Å². The second-order valence-electron chi connectivity index (χ2n) is 6.29. The van der Waals surface area contributed by atoms with E-state index in [9.17, 15) is 0 Å². The molecule has 0 unspecified atom stereocenters. The molecule has 4 nitrogen and oxygen atoms in total. The van der Waals surface area contributed by atoms with E-state index < -0.39 is 0 Å². The van der Waals surface area contributed by atoms with Gasteiger partial charge in [-0.05, 0) is 29.7 Å². The van der Waals surface area contributed by atoms with Crippen molar-refractivity contribution in [3.05, 3.63) is 83.5 Å². The fraction of sp³-hybridized carbons (Fsp3) is 0.0455. The third-order valence-electron chi connectivity index (χ3n) is 4.50. The molecule has 0 aliphatic carbocycles. The standard InChI is InChI=1S/C22H14ClN3OS/c23-15-7-5-6-14(12-15)21-25-26-22(27-21)28-13-20-18-10-2-1-8-16(18)17-9-3-4-11-19(17)24-20/h1-12H,13H2. The number of hydrogen-bond acceptors (Lipinski definition) is 5. The van der Waals surface area contributed by atoms with Crippen molar-refractivity contribution in [2.75, 3.05) is 0 Å². The van der Waals surface area contributed by atoms with Gasteiger partial charge >= 0.3 is 0 Å². The molecule has 6 heteroatoms. The highest BCUT2D eigenvalue weighted by Gasteiger charge is 2.12. The Morgan fingerprint density at radius 3 is 2.46 bits per heavy atom. The number of para-hydroxylation sites is 1. The lowest BCUT2D eigenvalue weighted by molar-refractivity contribution is 0.466. The van der Waals surface area contributed by atoms with Crippen LogP contribution in [0, 0.1) is 0 Å². The van der Waals surface area contributed by atoms with Gasteiger partial charge in [-0.15, -0.1) is 10.2 Å². The molecule has 0 fully saturated rings. The number of fused-ring (bicyclic) bond motifs is 3. The van der Waals surface area contributed by atoms with E-state index in [0.717, 1.165) is 27.5 Å². The van der Waals surface area contributed by atoms with Gasteiger partial charge in [0, 0.05) is 27.1 Å². The third-order valence-corrected chi connectivity index (χ3v) is 5.56. The molecule has 2 aromatic heterocycles. The van der Waals surface area contributed by atoms with E-state index in [1.165, 1.54) is 17.1 Å². The Labute approximate surface area is 170 Å². The van der Waals surface area contributed by atoms with Crippen LogP contribution in [0.5, 0.6) is 0 Å². The van der Waals surface area contributed by atoms with E-state index in [4.69, 9.17) is 21.0 Å². The minimum atomic E-state index is 0.460. The van der Waals surface area contributed by atoms with Crippen molar-refractivity contribution in [2.45, 2.75) is 11.0 Å². The van der Waals surface area contributed by atoms with Crippen molar-refractivity contribution < 1.29 is 4.42 Å². The van der Waals surface area contributed by atoms with Gasteiger partial charge in [0.05, 0.1) is 11.2 Å². The van der Waals surface area contributed by atoms with Crippen molar-refractivity contribution in [3.8, 4) is 11.5 Å². The van der Waals surface area contributed by atoms with Crippen LogP contribution in [0.15, 0.2) is 82.4 Å². The molecule has 0 spiro atoms. The maximum absolute atomic E-state index is 6.04. The fourth-order valence-corrected chi connectivity index (χ4v) is 4.13. The first-order valence-corrected chi connectivity index (χ1v) is 10.1. The van der Waals surface area contributed by atoms with E-state index in [-0.39, 0.29) is 0 Å². The number of hydrogen-bond donors (Lipinski definition) is 0. The average Bonchev–Trinajstić information content (AvgIpc) is 3.21. The highest BCUT2D eigenvalue weighted by atomic mass is 35.5. The molecule has 0 bridgehead atoms. The van der Waals surface area contributed by atoms with Crippen LogP contribution in [0.4, 0.5) is 0 Å². The minimum absolute atomic E-state index is 0.460. The normalized spacial score (nSPS) is 11.3. The first-order valence-electron chi connectivity index (χ1n) is 8.76. The molecule has 136 valence electrons. The summed E-state index contributed by atoms with van der Waals surface area (Å²) in [5.41, 5.74) is 2.80. The van der Waals surface area contributed by atoms with Gasteiger partial charge in [0.2, 0.25) is 5.89 Å². The predicted molar refractivity (Wildman–Crippen MR) is 114 cm³/mol. The van der Waals surface area contributed by atoms with Crippen LogP contribution in [-0.2, 0) is 5.75 Å². The molecule has 2 heterocycles. The van der Waals surface area contributed by atoms with Gasteiger partial charge in [-0.3, -0.25) is 4.98 Å². The molecule has 0 saturated heterocycles. The quantitative estimate of drug-likeness (QED) is 0.257. The van der Waals surface area contributed by atoms with Crippen LogP contribution in [0.2, 0.25) is 5.02 Å². The zero-order valence-electron chi connectivity index (χ0n) is 14.7. The van der Waals surface area contributed by atoms with Gasteiger partial charge in [0.1, 0.15) is 0 Å². The molecule has 5 rings (SSSR count). The maximum Gasteiger partial charge on any atom is 0.277 e. The second-order valence-corrected chi connectivity index (χ2v) is 7.66. The van der Waals surface area contributed by atoms with Crippen molar-refractivity contribution in [1.82, 2.24) is 15.2 Å². The Morgan fingerprint density at radius 1 is 0.821 bits per heavy atom. The van der Waals surface area contributed by atoms with Gasteiger partial charge in [0.25, 0.3) is 5.22 Å². The van der Waals surface area contributed by atoms with Crippen molar-refractivity contribution in [2.24, 2.45) is 0 Å². The van der Waals surface area contributed by atoms with Crippen LogP contribution >= 0.6 is 23.4 Å². The van der Waals surface area contributed by atoms with Gasteiger partial charge in [-0.2, -0.15) is 0 Å². The Hall–Kier alpha value is -2.89. The number of thioether (sulfide) groups is 1. The summed E-state index contributed by atoms with van der Waals surface area (Å²) in [5.74, 6) is 1.10. The number of rotatable bonds is 4. The summed E-state index contributed by atoms with van der Waals surface area (Å²) in [4.78, 5) is 4.87. The molecule has 3 aromatic carbocycles. The third kappa shape index (κ3) is 3.23. The minimum Gasteiger partial charge on any atom is -0.411 e. The molecular weight excluding hydrogens is 390 g/mol. The lowest BCUT2D eigenvalue weighted by atomic mass is 10.0. The SMILES string of the molecule is Clc1cccc(-c2nnc(SCc3nc4ccccc4c4ccccc34)o2)c1. The Bertz CT molecular complexity index is 1300. The first-order chi connectivity index (χ1) is 13.8. The number of benzene rings is 3. The molecule has 28 heavy (non-hydrogen) atoms. The summed E-state index contributed by atoms with van der Waals surface area (Å²) in [7, 11) is 0. The van der Waals surface area contributed by atoms with Crippen LogP contribution in [0.3, 0.4) is 0 Å². The largest absolute Gasteiger partial charge is 0.411 e. The zero-order chi connectivity index (χ0) is 18.9. The summed E-state index contributed by atoms with van der Waals surface area (Å²) in [6.45, 7) is 0. The van der Waals surface area contributed by atoms with Crippen molar-refractivity contribution >= 4 is 45.0 Å². The molecule has 0 aliphatic heterocycles. The molecule has 0 aliphatic rings. The number of aromatic nitrogens is 3. The number of pyridine rings is 1. The van der Waals surface area contributed by atoms with E-state index in [1.54, 1.807) is 0 Å². The smallest absolute Gasteiger partial charge is 0.277 e. The van der Waals surface area contributed by atoms with E-state index >= 15 is 0 Å². The Balaban J connectivity index is 1.46. The topological polar surface area (TPSA) is 51.8 Å². The van der Waals surface area contributed by atoms with Crippen LogP contribution in [0.25, 0.3) is 33.1 Å². The van der Waals surface area contributed by atoms with E-state index in [2.05, 4.69) is 34.5 Å². The van der Waals surface area contributed by atoms with Crippen molar-refractivity contribution in [1.29, 1.82) is 0 Å². The monoisotopic (exact) mass is 403 g/mol.